The normalized spacial score (nSPS) is 13.4. The largest absolute Gasteiger partial charge is 0.421 e. The Bertz CT molecular complexity index is 574. The molecule has 1 aromatic rings. The molecule has 0 atom stereocenters. The fourth-order valence-electron chi connectivity index (χ4n) is 1.70. The summed E-state index contributed by atoms with van der Waals surface area (Å²) in [5.41, 5.74) is 0.268. The number of rotatable bonds is 2. The molecule has 0 spiro atoms. The second-order valence-electron chi connectivity index (χ2n) is 4.46. The van der Waals surface area contributed by atoms with Gasteiger partial charge in [-0.2, -0.15) is 0 Å². The first kappa shape index (κ1) is 13.7. The van der Waals surface area contributed by atoms with Crippen molar-refractivity contribution in [2.24, 2.45) is 0 Å². The molecule has 104 valence electrons. The molecule has 1 aliphatic heterocycles. The fourth-order valence-corrected chi connectivity index (χ4v) is 1.70. The van der Waals surface area contributed by atoms with Crippen LogP contribution in [0.4, 0.5) is 0 Å². The summed E-state index contributed by atoms with van der Waals surface area (Å²) in [4.78, 5) is 51.2. The maximum absolute atomic E-state index is 11.9. The second-order valence-corrected chi connectivity index (χ2v) is 4.46. The zero-order chi connectivity index (χ0) is 14.9. The summed E-state index contributed by atoms with van der Waals surface area (Å²) in [6.07, 6.45) is 0. The molecule has 0 bridgehead atoms. The maximum atomic E-state index is 11.9. The summed E-state index contributed by atoms with van der Waals surface area (Å²) in [7, 11) is 0. The summed E-state index contributed by atoms with van der Waals surface area (Å²) < 4.78 is 0. The van der Waals surface area contributed by atoms with Gasteiger partial charge in [0.2, 0.25) is 0 Å². The van der Waals surface area contributed by atoms with Crippen molar-refractivity contribution in [1.29, 1.82) is 0 Å². The summed E-state index contributed by atoms with van der Waals surface area (Å²) >= 11 is 0. The topological polar surface area (TPSA) is 92.8 Å². The number of hydroxylamine groups is 2. The Morgan fingerprint density at radius 1 is 1.10 bits per heavy atom. The van der Waals surface area contributed by atoms with E-state index in [9.17, 15) is 19.2 Å². The van der Waals surface area contributed by atoms with Crippen LogP contribution in [0.3, 0.4) is 0 Å². The number of amides is 3. The number of imide groups is 1. The number of fused-ring (bicyclic) bond motifs is 1. The Kier molecular flexibility index (Phi) is 3.51. The van der Waals surface area contributed by atoms with Gasteiger partial charge in [0.05, 0.1) is 11.1 Å². The molecular formula is C13H12N2O5. The quantitative estimate of drug-likeness (QED) is 0.618. The summed E-state index contributed by atoms with van der Waals surface area (Å²) in [6.45, 7) is 3.32. The Labute approximate surface area is 114 Å². The first-order chi connectivity index (χ1) is 9.41. The minimum absolute atomic E-state index is 0.134. The van der Waals surface area contributed by atoms with E-state index in [1.165, 1.54) is 12.1 Å². The second kappa shape index (κ2) is 5.12. The molecule has 0 fully saturated rings. The van der Waals surface area contributed by atoms with Crippen molar-refractivity contribution in [3.05, 3.63) is 35.4 Å². The van der Waals surface area contributed by atoms with Gasteiger partial charge >= 0.3 is 11.9 Å². The van der Waals surface area contributed by atoms with E-state index in [1.807, 2.05) is 0 Å². The van der Waals surface area contributed by atoms with E-state index in [0.29, 0.717) is 5.06 Å². The van der Waals surface area contributed by atoms with Crippen LogP contribution in [0.15, 0.2) is 24.3 Å². The zero-order valence-corrected chi connectivity index (χ0v) is 10.9. The van der Waals surface area contributed by atoms with Crippen LogP contribution < -0.4 is 5.32 Å². The number of hydrogen-bond acceptors (Lipinski definition) is 5. The minimum Gasteiger partial charge on any atom is -0.344 e. The van der Waals surface area contributed by atoms with E-state index < -0.39 is 23.7 Å². The molecular weight excluding hydrogens is 264 g/mol. The maximum Gasteiger partial charge on any atom is 0.421 e. The highest BCUT2D eigenvalue weighted by Crippen LogP contribution is 2.22. The van der Waals surface area contributed by atoms with Crippen molar-refractivity contribution in [3.8, 4) is 0 Å². The van der Waals surface area contributed by atoms with Crippen LogP contribution in [0, 0.1) is 0 Å². The molecule has 0 radical (unpaired) electrons. The Morgan fingerprint density at radius 2 is 1.60 bits per heavy atom. The first-order valence-corrected chi connectivity index (χ1v) is 5.92. The summed E-state index contributed by atoms with van der Waals surface area (Å²) in [6, 6.07) is 5.79. The van der Waals surface area contributed by atoms with Gasteiger partial charge in [0.15, 0.2) is 0 Å². The Morgan fingerprint density at radius 3 is 2.05 bits per heavy atom. The van der Waals surface area contributed by atoms with Crippen LogP contribution in [0.1, 0.15) is 34.6 Å². The molecule has 0 saturated carbocycles. The highest BCUT2D eigenvalue weighted by atomic mass is 16.7. The lowest BCUT2D eigenvalue weighted by Gasteiger charge is -2.13. The average molecular weight is 276 g/mol. The molecule has 7 nitrogen and oxygen atoms in total. The lowest BCUT2D eigenvalue weighted by Crippen LogP contribution is -2.42. The van der Waals surface area contributed by atoms with Gasteiger partial charge in [-0.05, 0) is 26.0 Å². The number of carbonyl (C=O) groups is 4. The Balaban J connectivity index is 2.13. The number of nitrogens with one attached hydrogen (secondary N) is 1. The van der Waals surface area contributed by atoms with Gasteiger partial charge in [-0.1, -0.05) is 17.2 Å². The molecule has 0 aliphatic carbocycles. The van der Waals surface area contributed by atoms with Crippen molar-refractivity contribution in [1.82, 2.24) is 10.4 Å². The molecule has 0 unspecified atom stereocenters. The van der Waals surface area contributed by atoms with E-state index in [1.54, 1.807) is 26.0 Å². The average Bonchev–Trinajstić information content (AvgIpc) is 2.64. The highest BCUT2D eigenvalue weighted by molar-refractivity contribution is 6.33. The lowest BCUT2D eigenvalue weighted by molar-refractivity contribution is -0.174. The monoisotopic (exact) mass is 276 g/mol. The first-order valence-electron chi connectivity index (χ1n) is 5.92. The molecule has 1 heterocycles. The molecule has 20 heavy (non-hydrogen) atoms. The SMILES string of the molecule is CC(C)NC(=O)C(=O)ON1C(=O)c2ccccc2C1=O. The van der Waals surface area contributed by atoms with E-state index in [-0.39, 0.29) is 17.2 Å². The van der Waals surface area contributed by atoms with Crippen LogP contribution in [0.2, 0.25) is 0 Å². The van der Waals surface area contributed by atoms with Crippen molar-refractivity contribution < 1.29 is 24.0 Å². The van der Waals surface area contributed by atoms with Gasteiger partial charge in [-0.15, -0.1) is 0 Å². The minimum atomic E-state index is -1.31. The van der Waals surface area contributed by atoms with Crippen molar-refractivity contribution >= 4 is 23.7 Å². The molecule has 3 amide bonds. The van der Waals surface area contributed by atoms with Crippen molar-refractivity contribution in [2.75, 3.05) is 0 Å². The Hall–Kier alpha value is -2.70. The lowest BCUT2D eigenvalue weighted by atomic mass is 10.1. The summed E-state index contributed by atoms with van der Waals surface area (Å²) in [5, 5.41) is 2.60. The molecule has 0 aromatic heterocycles. The molecule has 7 heteroatoms. The van der Waals surface area contributed by atoms with Gasteiger partial charge in [0.1, 0.15) is 0 Å². The standard InChI is InChI=1S/C13H12N2O5/c1-7(2)14-10(16)13(19)20-15-11(17)8-5-3-4-6-9(8)12(15)18/h3-7H,1-2H3,(H,14,16). The van der Waals surface area contributed by atoms with E-state index in [0.717, 1.165) is 0 Å². The van der Waals surface area contributed by atoms with Crippen molar-refractivity contribution in [2.45, 2.75) is 19.9 Å². The number of nitrogens with zero attached hydrogens (tertiary/aromatic N) is 1. The third kappa shape index (κ3) is 2.37. The van der Waals surface area contributed by atoms with Crippen molar-refractivity contribution in [3.63, 3.8) is 0 Å². The van der Waals surface area contributed by atoms with Gasteiger partial charge in [-0.25, -0.2) is 4.79 Å². The van der Waals surface area contributed by atoms with Crippen LogP contribution in [-0.4, -0.2) is 34.8 Å². The number of benzene rings is 1. The predicted molar refractivity (Wildman–Crippen MR) is 66.3 cm³/mol. The predicted octanol–water partition coefficient (Wildman–Crippen LogP) is 0.265. The highest BCUT2D eigenvalue weighted by Gasteiger charge is 2.39. The van der Waals surface area contributed by atoms with Gasteiger partial charge in [0.25, 0.3) is 11.8 Å². The molecule has 1 aliphatic rings. The number of carbonyl (C=O) groups excluding carboxylic acids is 4. The summed E-state index contributed by atoms with van der Waals surface area (Å²) in [5.74, 6) is -3.86. The van der Waals surface area contributed by atoms with Gasteiger partial charge in [0, 0.05) is 6.04 Å². The fraction of sp³-hybridized carbons (Fsp3) is 0.231. The van der Waals surface area contributed by atoms with Gasteiger partial charge < -0.3 is 10.2 Å². The van der Waals surface area contributed by atoms with E-state index >= 15 is 0 Å². The van der Waals surface area contributed by atoms with Crippen LogP contribution >= 0.6 is 0 Å². The molecule has 1 N–H and O–H groups in total. The van der Waals surface area contributed by atoms with Gasteiger partial charge in [-0.3, -0.25) is 14.4 Å². The molecule has 2 rings (SSSR count). The number of hydrogen-bond donors (Lipinski definition) is 1. The third-order valence-corrected chi connectivity index (χ3v) is 2.54. The molecule has 0 saturated heterocycles. The van der Waals surface area contributed by atoms with Crippen LogP contribution in [0.5, 0.6) is 0 Å². The van der Waals surface area contributed by atoms with E-state index in [2.05, 4.69) is 10.2 Å². The smallest absolute Gasteiger partial charge is 0.344 e. The third-order valence-electron chi connectivity index (χ3n) is 2.54. The van der Waals surface area contributed by atoms with Crippen LogP contribution in [0.25, 0.3) is 0 Å². The molecule has 1 aromatic carbocycles. The zero-order valence-electron chi connectivity index (χ0n) is 10.9. The van der Waals surface area contributed by atoms with E-state index in [4.69, 9.17) is 0 Å². The van der Waals surface area contributed by atoms with Crippen LogP contribution in [-0.2, 0) is 14.4 Å².